The second-order valence-corrected chi connectivity index (χ2v) is 5.55. The normalized spacial score (nSPS) is 17.0. The van der Waals surface area contributed by atoms with E-state index in [1.54, 1.807) is 0 Å². The van der Waals surface area contributed by atoms with E-state index in [2.05, 4.69) is 0 Å². The van der Waals surface area contributed by atoms with E-state index in [1.165, 1.54) is 5.56 Å². The maximum Gasteiger partial charge on any atom is 0.231 e. The van der Waals surface area contributed by atoms with Gasteiger partial charge in [0.05, 0.1) is 18.2 Å². The van der Waals surface area contributed by atoms with Crippen LogP contribution in [0.5, 0.6) is 5.75 Å². The van der Waals surface area contributed by atoms with Crippen LogP contribution in [0.4, 0.5) is 5.69 Å². The Hall–Kier alpha value is -2.29. The van der Waals surface area contributed by atoms with Crippen molar-refractivity contribution in [1.29, 1.82) is 0 Å². The van der Waals surface area contributed by atoms with E-state index in [0.717, 1.165) is 17.0 Å². The third kappa shape index (κ3) is 2.77. The number of carbonyl (C=O) groups is 1. The number of hydrogen-bond donors (Lipinski definition) is 0. The molecular weight excluding hydrogens is 262 g/mol. The fourth-order valence-corrected chi connectivity index (χ4v) is 2.65. The van der Waals surface area contributed by atoms with E-state index in [4.69, 9.17) is 4.74 Å². The Morgan fingerprint density at radius 1 is 1.19 bits per heavy atom. The average Bonchev–Trinajstić information content (AvgIpc) is 2.49. The lowest BCUT2D eigenvalue weighted by atomic mass is 10.1. The monoisotopic (exact) mass is 281 g/mol. The third-order valence-electron chi connectivity index (χ3n) is 3.79. The van der Waals surface area contributed by atoms with Crippen LogP contribution in [0.15, 0.2) is 48.5 Å². The molecule has 1 amide bonds. The molecule has 0 saturated heterocycles. The fraction of sp³-hybridized carbons (Fsp3) is 0.278. The van der Waals surface area contributed by atoms with Crippen molar-refractivity contribution in [3.8, 4) is 5.75 Å². The number of carbonyl (C=O) groups excluding carboxylic acids is 1. The molecule has 0 aliphatic carbocycles. The summed E-state index contributed by atoms with van der Waals surface area (Å²) in [6.45, 7) is 4.60. The Kier molecular flexibility index (Phi) is 3.65. The Morgan fingerprint density at radius 2 is 1.90 bits per heavy atom. The second-order valence-electron chi connectivity index (χ2n) is 5.55. The van der Waals surface area contributed by atoms with Gasteiger partial charge in [0.2, 0.25) is 5.91 Å². The van der Waals surface area contributed by atoms with E-state index in [9.17, 15) is 4.79 Å². The zero-order valence-corrected chi connectivity index (χ0v) is 12.4. The smallest absolute Gasteiger partial charge is 0.231 e. The van der Waals surface area contributed by atoms with E-state index in [1.807, 2.05) is 67.3 Å². The number of rotatable bonds is 2. The van der Waals surface area contributed by atoms with Gasteiger partial charge in [-0.05, 0) is 31.5 Å². The molecule has 0 aromatic heterocycles. The molecule has 0 saturated carbocycles. The lowest BCUT2D eigenvalue weighted by molar-refractivity contribution is -0.118. The highest BCUT2D eigenvalue weighted by Gasteiger charge is 2.28. The molecule has 108 valence electrons. The molecule has 3 rings (SSSR count). The predicted molar refractivity (Wildman–Crippen MR) is 83.8 cm³/mol. The van der Waals surface area contributed by atoms with Crippen LogP contribution < -0.4 is 9.64 Å². The van der Waals surface area contributed by atoms with Gasteiger partial charge in [-0.1, -0.05) is 42.0 Å². The summed E-state index contributed by atoms with van der Waals surface area (Å²) in [4.78, 5) is 14.6. The molecule has 1 atom stereocenters. The minimum atomic E-state index is 0.0536. The van der Waals surface area contributed by atoms with E-state index >= 15 is 0 Å². The molecule has 0 bridgehead atoms. The average molecular weight is 281 g/mol. The van der Waals surface area contributed by atoms with Crippen molar-refractivity contribution in [2.45, 2.75) is 26.3 Å². The van der Waals surface area contributed by atoms with Gasteiger partial charge in [0.25, 0.3) is 0 Å². The lowest BCUT2D eigenvalue weighted by Gasteiger charge is -2.35. The summed E-state index contributed by atoms with van der Waals surface area (Å²) in [6.07, 6.45) is 0.416. The molecule has 0 radical (unpaired) electrons. The summed E-state index contributed by atoms with van der Waals surface area (Å²) >= 11 is 0. The summed E-state index contributed by atoms with van der Waals surface area (Å²) in [5.74, 6) is 0.898. The van der Waals surface area contributed by atoms with Gasteiger partial charge in [-0.15, -0.1) is 0 Å². The molecule has 3 nitrogen and oxygen atoms in total. The summed E-state index contributed by atoms with van der Waals surface area (Å²) < 4.78 is 5.69. The van der Waals surface area contributed by atoms with Crippen molar-refractivity contribution in [3.63, 3.8) is 0 Å². The summed E-state index contributed by atoms with van der Waals surface area (Å²) in [6, 6.07) is 15.9. The molecule has 3 heteroatoms. The summed E-state index contributed by atoms with van der Waals surface area (Å²) in [7, 11) is 0. The van der Waals surface area contributed by atoms with Gasteiger partial charge in [-0.2, -0.15) is 0 Å². The van der Waals surface area contributed by atoms with E-state index in [0.29, 0.717) is 13.0 Å². The highest BCUT2D eigenvalue weighted by Crippen LogP contribution is 2.33. The Bertz CT molecular complexity index is 649. The van der Waals surface area contributed by atoms with Crippen molar-refractivity contribution in [2.24, 2.45) is 0 Å². The lowest BCUT2D eigenvalue weighted by Crippen LogP contribution is -2.45. The van der Waals surface area contributed by atoms with Crippen molar-refractivity contribution >= 4 is 11.6 Å². The largest absolute Gasteiger partial charge is 0.489 e. The summed E-state index contributed by atoms with van der Waals surface area (Å²) in [5.41, 5.74) is 3.12. The van der Waals surface area contributed by atoms with Crippen molar-refractivity contribution in [2.75, 3.05) is 11.5 Å². The predicted octanol–water partition coefficient (Wildman–Crippen LogP) is 3.35. The van der Waals surface area contributed by atoms with Gasteiger partial charge < -0.3 is 9.64 Å². The molecule has 1 aliphatic heterocycles. The number of ether oxygens (including phenoxy) is 1. The van der Waals surface area contributed by atoms with Crippen molar-refractivity contribution in [1.82, 2.24) is 0 Å². The Morgan fingerprint density at radius 3 is 2.67 bits per heavy atom. The number of benzene rings is 2. The van der Waals surface area contributed by atoms with Crippen LogP contribution in [0, 0.1) is 6.92 Å². The zero-order chi connectivity index (χ0) is 14.8. The van der Waals surface area contributed by atoms with Gasteiger partial charge in [0.15, 0.2) is 0 Å². The minimum Gasteiger partial charge on any atom is -0.489 e. The molecule has 2 aromatic rings. The Labute approximate surface area is 125 Å². The summed E-state index contributed by atoms with van der Waals surface area (Å²) in [5, 5.41) is 0. The van der Waals surface area contributed by atoms with Gasteiger partial charge in [0.1, 0.15) is 12.4 Å². The van der Waals surface area contributed by atoms with Crippen molar-refractivity contribution < 1.29 is 9.53 Å². The third-order valence-corrected chi connectivity index (χ3v) is 3.79. The second kappa shape index (κ2) is 5.60. The van der Waals surface area contributed by atoms with Gasteiger partial charge in [-0.25, -0.2) is 0 Å². The first-order valence-electron chi connectivity index (χ1n) is 7.24. The molecule has 21 heavy (non-hydrogen) atoms. The quantitative estimate of drug-likeness (QED) is 0.845. The van der Waals surface area contributed by atoms with Crippen LogP contribution in [0.2, 0.25) is 0 Å². The first-order chi connectivity index (χ1) is 10.1. The number of hydrogen-bond acceptors (Lipinski definition) is 2. The maximum atomic E-state index is 12.7. The molecule has 0 fully saturated rings. The van der Waals surface area contributed by atoms with Gasteiger partial charge in [0, 0.05) is 0 Å². The van der Waals surface area contributed by atoms with Gasteiger partial charge >= 0.3 is 0 Å². The molecule has 0 spiro atoms. The van der Waals surface area contributed by atoms with Crippen LogP contribution in [0.1, 0.15) is 18.1 Å². The van der Waals surface area contributed by atoms with Crippen LogP contribution in [-0.2, 0) is 11.2 Å². The number of amides is 1. The molecule has 0 unspecified atom stereocenters. The van der Waals surface area contributed by atoms with Gasteiger partial charge in [-0.3, -0.25) is 4.79 Å². The van der Waals surface area contributed by atoms with Crippen molar-refractivity contribution in [3.05, 3.63) is 59.7 Å². The van der Waals surface area contributed by atoms with Crippen LogP contribution in [0.3, 0.4) is 0 Å². The maximum absolute atomic E-state index is 12.7. The SMILES string of the molecule is Cc1ccc(CC(=O)N2c3ccccc3OC[C@H]2C)cc1. The fourth-order valence-electron chi connectivity index (χ4n) is 2.65. The topological polar surface area (TPSA) is 29.5 Å². The molecule has 1 heterocycles. The first-order valence-corrected chi connectivity index (χ1v) is 7.24. The number of aryl methyl sites for hydroxylation is 1. The number of fused-ring (bicyclic) bond motifs is 1. The Balaban J connectivity index is 1.85. The zero-order valence-electron chi connectivity index (χ0n) is 12.4. The number of nitrogens with zero attached hydrogens (tertiary/aromatic N) is 1. The minimum absolute atomic E-state index is 0.0536. The standard InChI is InChI=1S/C18H19NO2/c1-13-7-9-15(10-8-13)11-18(20)19-14(2)12-21-17-6-4-3-5-16(17)19/h3-10,14H,11-12H2,1-2H3/t14-/m1/s1. The van der Waals surface area contributed by atoms with E-state index in [-0.39, 0.29) is 11.9 Å². The molecule has 1 aliphatic rings. The number of para-hydroxylation sites is 2. The first kappa shape index (κ1) is 13.7. The highest BCUT2D eigenvalue weighted by molar-refractivity contribution is 5.97. The number of anilines is 1. The molecular formula is C18H19NO2. The van der Waals surface area contributed by atoms with Crippen LogP contribution in [0.25, 0.3) is 0 Å². The molecule has 0 N–H and O–H groups in total. The van der Waals surface area contributed by atoms with Crippen LogP contribution >= 0.6 is 0 Å². The molecule has 2 aromatic carbocycles. The highest BCUT2D eigenvalue weighted by atomic mass is 16.5. The van der Waals surface area contributed by atoms with E-state index < -0.39 is 0 Å². The van der Waals surface area contributed by atoms with Crippen LogP contribution in [-0.4, -0.2) is 18.6 Å².